The molecule has 0 radical (unpaired) electrons. The van der Waals surface area contributed by atoms with Crippen LogP contribution in [0.15, 0.2) is 51.6 Å². The Labute approximate surface area is 151 Å². The molecule has 0 saturated heterocycles. The highest BCUT2D eigenvalue weighted by molar-refractivity contribution is 5.57. The molecule has 1 nitrogen and oxygen atoms in total. The summed E-state index contributed by atoms with van der Waals surface area (Å²) in [6.07, 6.45) is 20.8. The standard InChI is InChI=1S/C23H39N/c1-20(2)12-9-15-23(5)17-10-16-21(3)13-7-8-14-22(4)18-11-19-24-6/h12-14,17,19H,7-11,15-16,18H2,1-6H3/b21-13+,22-14+,23-17+,24-19?. The van der Waals surface area contributed by atoms with Crippen LogP contribution in [0.4, 0.5) is 0 Å². The largest absolute Gasteiger partial charge is 0.301 e. The van der Waals surface area contributed by atoms with Crippen molar-refractivity contribution < 1.29 is 0 Å². The maximum atomic E-state index is 4.02. The van der Waals surface area contributed by atoms with Gasteiger partial charge in [-0.25, -0.2) is 0 Å². The SMILES string of the molecule is CN=CCC/C(C)=C/CC/C=C(\C)CC/C=C(\C)CCC=C(C)C. The normalized spacial score (nSPS) is 13.7. The Morgan fingerprint density at radius 2 is 1.00 bits per heavy atom. The van der Waals surface area contributed by atoms with E-state index in [-0.39, 0.29) is 0 Å². The molecule has 0 aliphatic rings. The molecule has 0 bridgehead atoms. The molecule has 0 aliphatic heterocycles. The fourth-order valence-corrected chi connectivity index (χ4v) is 2.52. The quantitative estimate of drug-likeness (QED) is 0.198. The van der Waals surface area contributed by atoms with Crippen LogP contribution in [0.1, 0.15) is 86.0 Å². The molecule has 0 unspecified atom stereocenters. The maximum Gasteiger partial charge on any atom is 0.0273 e. The lowest BCUT2D eigenvalue weighted by molar-refractivity contribution is 0.904. The van der Waals surface area contributed by atoms with E-state index in [2.05, 4.69) is 63.9 Å². The van der Waals surface area contributed by atoms with Gasteiger partial charge in [0.2, 0.25) is 0 Å². The zero-order valence-corrected chi connectivity index (χ0v) is 17.0. The Hall–Kier alpha value is -1.37. The van der Waals surface area contributed by atoms with E-state index in [1.807, 2.05) is 13.3 Å². The number of unbranched alkanes of at least 4 members (excludes halogenated alkanes) is 1. The molecule has 0 N–H and O–H groups in total. The third kappa shape index (κ3) is 15.5. The molecule has 0 atom stereocenters. The van der Waals surface area contributed by atoms with Gasteiger partial charge in [-0.15, -0.1) is 0 Å². The van der Waals surface area contributed by atoms with E-state index in [0.717, 1.165) is 25.7 Å². The van der Waals surface area contributed by atoms with Crippen LogP contribution in [0.25, 0.3) is 0 Å². The first kappa shape index (κ1) is 22.6. The number of hydrogen-bond acceptors (Lipinski definition) is 1. The third-order valence-electron chi connectivity index (χ3n) is 4.13. The van der Waals surface area contributed by atoms with Gasteiger partial charge in [-0.2, -0.15) is 0 Å². The molecular formula is C23H39N. The number of aliphatic imine (C=N–C) groups is 1. The Morgan fingerprint density at radius 3 is 1.46 bits per heavy atom. The summed E-state index contributed by atoms with van der Waals surface area (Å²) in [6, 6.07) is 0. The van der Waals surface area contributed by atoms with Gasteiger partial charge < -0.3 is 4.99 Å². The summed E-state index contributed by atoms with van der Waals surface area (Å²) >= 11 is 0. The molecule has 0 aliphatic carbocycles. The van der Waals surface area contributed by atoms with Crippen LogP contribution in [-0.2, 0) is 0 Å². The Bertz CT molecular complexity index is 468. The minimum Gasteiger partial charge on any atom is -0.301 e. The Kier molecular flexibility index (Phi) is 14.3. The van der Waals surface area contributed by atoms with Crippen molar-refractivity contribution in [1.82, 2.24) is 0 Å². The summed E-state index contributed by atoms with van der Waals surface area (Å²) < 4.78 is 0. The van der Waals surface area contributed by atoms with Crippen LogP contribution in [0.2, 0.25) is 0 Å². The van der Waals surface area contributed by atoms with Gasteiger partial charge in [0.25, 0.3) is 0 Å². The van der Waals surface area contributed by atoms with Crippen molar-refractivity contribution in [2.24, 2.45) is 4.99 Å². The van der Waals surface area contributed by atoms with E-state index >= 15 is 0 Å². The van der Waals surface area contributed by atoms with Crippen LogP contribution in [0.5, 0.6) is 0 Å². The van der Waals surface area contributed by atoms with Crippen molar-refractivity contribution in [2.45, 2.75) is 86.0 Å². The molecule has 0 heterocycles. The molecule has 1 heteroatoms. The van der Waals surface area contributed by atoms with E-state index in [0.29, 0.717) is 0 Å². The predicted molar refractivity (Wildman–Crippen MR) is 112 cm³/mol. The molecular weight excluding hydrogens is 290 g/mol. The zero-order chi connectivity index (χ0) is 18.2. The highest BCUT2D eigenvalue weighted by Gasteiger charge is 1.93. The molecule has 24 heavy (non-hydrogen) atoms. The summed E-state index contributed by atoms with van der Waals surface area (Å²) in [5.74, 6) is 0. The second-order valence-electron chi connectivity index (χ2n) is 7.07. The van der Waals surface area contributed by atoms with Crippen molar-refractivity contribution in [2.75, 3.05) is 7.05 Å². The fourth-order valence-electron chi connectivity index (χ4n) is 2.52. The lowest BCUT2D eigenvalue weighted by atomic mass is 10.0. The summed E-state index contributed by atoms with van der Waals surface area (Å²) in [5.41, 5.74) is 5.95. The first-order valence-corrected chi connectivity index (χ1v) is 9.46. The highest BCUT2D eigenvalue weighted by atomic mass is 14.6. The van der Waals surface area contributed by atoms with E-state index in [4.69, 9.17) is 0 Å². The smallest absolute Gasteiger partial charge is 0.0273 e. The first-order chi connectivity index (χ1) is 11.5. The highest BCUT2D eigenvalue weighted by Crippen LogP contribution is 2.13. The summed E-state index contributed by atoms with van der Waals surface area (Å²) in [7, 11) is 1.84. The number of rotatable bonds is 12. The topological polar surface area (TPSA) is 12.4 Å². The molecule has 0 aromatic rings. The van der Waals surface area contributed by atoms with Crippen molar-refractivity contribution in [3.63, 3.8) is 0 Å². The van der Waals surface area contributed by atoms with E-state index in [1.165, 1.54) is 48.0 Å². The van der Waals surface area contributed by atoms with Crippen LogP contribution < -0.4 is 0 Å². The molecule has 136 valence electrons. The van der Waals surface area contributed by atoms with Crippen molar-refractivity contribution >= 4 is 6.21 Å². The van der Waals surface area contributed by atoms with Gasteiger partial charge in [0.15, 0.2) is 0 Å². The molecule has 0 spiro atoms. The summed E-state index contributed by atoms with van der Waals surface area (Å²) in [4.78, 5) is 4.02. The first-order valence-electron chi connectivity index (χ1n) is 9.46. The predicted octanol–water partition coefficient (Wildman–Crippen LogP) is 7.61. The number of hydrogen-bond donors (Lipinski definition) is 0. The van der Waals surface area contributed by atoms with Gasteiger partial charge in [0.05, 0.1) is 0 Å². The van der Waals surface area contributed by atoms with Crippen LogP contribution >= 0.6 is 0 Å². The number of allylic oxidation sites excluding steroid dienone is 8. The van der Waals surface area contributed by atoms with E-state index in [9.17, 15) is 0 Å². The second kappa shape index (κ2) is 15.2. The lowest BCUT2D eigenvalue weighted by Gasteiger charge is -2.02. The summed E-state index contributed by atoms with van der Waals surface area (Å²) in [5, 5.41) is 0. The van der Waals surface area contributed by atoms with E-state index in [1.54, 1.807) is 0 Å². The summed E-state index contributed by atoms with van der Waals surface area (Å²) in [6.45, 7) is 11.1. The average molecular weight is 330 g/mol. The average Bonchev–Trinajstić information content (AvgIpc) is 2.51. The van der Waals surface area contributed by atoms with Gasteiger partial charge in [0.1, 0.15) is 0 Å². The van der Waals surface area contributed by atoms with Gasteiger partial charge in [-0.1, -0.05) is 46.6 Å². The zero-order valence-electron chi connectivity index (χ0n) is 17.0. The minimum absolute atomic E-state index is 1.06. The molecule has 0 saturated carbocycles. The Morgan fingerprint density at radius 1 is 0.583 bits per heavy atom. The molecule has 0 aromatic carbocycles. The van der Waals surface area contributed by atoms with Gasteiger partial charge in [-0.05, 0) is 92.2 Å². The van der Waals surface area contributed by atoms with Gasteiger partial charge >= 0.3 is 0 Å². The van der Waals surface area contributed by atoms with Crippen LogP contribution in [-0.4, -0.2) is 13.3 Å². The molecule has 0 rings (SSSR count). The molecule has 0 amide bonds. The Balaban J connectivity index is 3.94. The van der Waals surface area contributed by atoms with E-state index < -0.39 is 0 Å². The fraction of sp³-hybridized carbons (Fsp3) is 0.609. The number of nitrogens with zero attached hydrogens (tertiary/aromatic N) is 1. The maximum absolute atomic E-state index is 4.02. The second-order valence-corrected chi connectivity index (χ2v) is 7.07. The monoisotopic (exact) mass is 329 g/mol. The van der Waals surface area contributed by atoms with Crippen LogP contribution in [0, 0.1) is 0 Å². The molecule has 0 fully saturated rings. The van der Waals surface area contributed by atoms with Crippen molar-refractivity contribution in [1.29, 1.82) is 0 Å². The lowest BCUT2D eigenvalue weighted by Crippen LogP contribution is -1.82. The minimum atomic E-state index is 1.06. The van der Waals surface area contributed by atoms with Crippen molar-refractivity contribution in [3.05, 3.63) is 46.6 Å². The molecule has 0 aromatic heterocycles. The third-order valence-corrected chi connectivity index (χ3v) is 4.13. The van der Waals surface area contributed by atoms with Crippen LogP contribution in [0.3, 0.4) is 0 Å². The van der Waals surface area contributed by atoms with Gasteiger partial charge in [0, 0.05) is 7.05 Å². The van der Waals surface area contributed by atoms with Gasteiger partial charge in [-0.3, -0.25) is 0 Å². The van der Waals surface area contributed by atoms with Crippen molar-refractivity contribution in [3.8, 4) is 0 Å².